The SMILES string of the molecule is CC[NH-].[U].[V]. The second-order valence-corrected chi connectivity index (χ2v) is 0.354. The van der Waals surface area contributed by atoms with Crippen molar-refractivity contribution in [2.45, 2.75) is 6.92 Å². The molecular weight excluding hydrogens is 327 g/mol. The Bertz CT molecular complexity index is 9.61. The van der Waals surface area contributed by atoms with E-state index in [0.717, 1.165) is 0 Å². The van der Waals surface area contributed by atoms with Gasteiger partial charge in [0.15, 0.2) is 0 Å². The van der Waals surface area contributed by atoms with Crippen LogP contribution < -0.4 is 0 Å². The van der Waals surface area contributed by atoms with Crippen LogP contribution >= 0.6 is 0 Å². The molecule has 0 aliphatic heterocycles. The van der Waals surface area contributed by atoms with Crippen LogP contribution in [0.5, 0.6) is 0 Å². The van der Waals surface area contributed by atoms with E-state index in [1.807, 2.05) is 0 Å². The molecule has 0 spiro atoms. The predicted octanol–water partition coefficient (Wildman–Crippen LogP) is 1.06. The first kappa shape index (κ1) is 16.0. The predicted molar refractivity (Wildman–Crippen MR) is 14.9 cm³/mol. The van der Waals surface area contributed by atoms with Crippen molar-refractivity contribution in [3.63, 3.8) is 0 Å². The molecule has 0 heterocycles. The van der Waals surface area contributed by atoms with E-state index in [1.165, 1.54) is 0 Å². The van der Waals surface area contributed by atoms with Gasteiger partial charge in [0.1, 0.15) is 0 Å². The Hall–Kier alpha value is 1.60. The standard InChI is InChI=1S/C2H6N.U.V/c1-2-3;;/h3H,2H2,1H3;;/q-1;;. The minimum atomic E-state index is 0. The van der Waals surface area contributed by atoms with E-state index < -0.39 is 0 Å². The molecule has 0 aliphatic carbocycles. The number of hydrogen-bond acceptors (Lipinski definition) is 0. The van der Waals surface area contributed by atoms with Gasteiger partial charge in [-0.1, -0.05) is 6.92 Å². The van der Waals surface area contributed by atoms with E-state index in [4.69, 9.17) is 5.73 Å². The maximum absolute atomic E-state index is 6.21. The first-order valence-electron chi connectivity index (χ1n) is 1.06. The van der Waals surface area contributed by atoms with Crippen LogP contribution in [-0.2, 0) is 18.6 Å². The van der Waals surface area contributed by atoms with Gasteiger partial charge < -0.3 is 5.73 Å². The fourth-order valence-corrected chi connectivity index (χ4v) is 0. The summed E-state index contributed by atoms with van der Waals surface area (Å²) in [6.45, 7) is 2.29. The van der Waals surface area contributed by atoms with Crippen molar-refractivity contribution in [2.75, 3.05) is 6.54 Å². The Morgan fingerprint density at radius 1 is 1.60 bits per heavy atom. The average molecular weight is 333 g/mol. The number of rotatable bonds is 0. The van der Waals surface area contributed by atoms with Crippen molar-refractivity contribution in [1.29, 1.82) is 0 Å². The van der Waals surface area contributed by atoms with Gasteiger partial charge in [-0.3, -0.25) is 0 Å². The summed E-state index contributed by atoms with van der Waals surface area (Å²) in [4.78, 5) is 0. The van der Waals surface area contributed by atoms with Crippen LogP contribution in [0.4, 0.5) is 0 Å². The first-order valence-corrected chi connectivity index (χ1v) is 1.06. The Kier molecular flexibility index (Phi) is 56.0. The molecule has 0 aromatic rings. The smallest absolute Gasteiger partial charge is 0 e. The molecule has 1 nitrogen and oxygen atoms in total. The van der Waals surface area contributed by atoms with E-state index >= 15 is 0 Å². The summed E-state index contributed by atoms with van der Waals surface area (Å²) in [5, 5.41) is 0. The minimum Gasteiger partial charge on any atom is -0.678 e. The van der Waals surface area contributed by atoms with Crippen molar-refractivity contribution in [3.05, 3.63) is 5.73 Å². The third-order valence-electron chi connectivity index (χ3n) is 0. The van der Waals surface area contributed by atoms with Gasteiger partial charge in [-0.25, -0.2) is 0 Å². The first-order chi connectivity index (χ1) is 1.41. The fourth-order valence-electron chi connectivity index (χ4n) is 0. The summed E-state index contributed by atoms with van der Waals surface area (Å²) < 4.78 is 0. The van der Waals surface area contributed by atoms with Crippen LogP contribution in [0.3, 0.4) is 0 Å². The zero-order chi connectivity index (χ0) is 2.71. The van der Waals surface area contributed by atoms with Crippen molar-refractivity contribution >= 4 is 0 Å². The Morgan fingerprint density at radius 2 is 1.60 bits per heavy atom. The zero-order valence-corrected chi connectivity index (χ0v) is 8.71. The van der Waals surface area contributed by atoms with Gasteiger partial charge in [-0.05, 0) is 0 Å². The van der Waals surface area contributed by atoms with Crippen molar-refractivity contribution in [1.82, 2.24) is 0 Å². The van der Waals surface area contributed by atoms with E-state index in [9.17, 15) is 0 Å². The van der Waals surface area contributed by atoms with Crippen LogP contribution in [-0.4, -0.2) is 6.54 Å². The third-order valence-corrected chi connectivity index (χ3v) is 0. The van der Waals surface area contributed by atoms with Crippen LogP contribution in [0, 0.1) is 31.1 Å². The van der Waals surface area contributed by atoms with E-state index in [-0.39, 0.29) is 49.7 Å². The van der Waals surface area contributed by atoms with Gasteiger partial charge in [-0.15, -0.1) is 0 Å². The van der Waals surface area contributed by atoms with Gasteiger partial charge >= 0.3 is 0 Å². The molecule has 5 heavy (non-hydrogen) atoms. The maximum Gasteiger partial charge on any atom is 0 e. The molecule has 0 aromatic carbocycles. The second kappa shape index (κ2) is 17.5. The molecule has 0 atom stereocenters. The molecule has 0 amide bonds. The van der Waals surface area contributed by atoms with Gasteiger partial charge in [0.25, 0.3) is 0 Å². The molecule has 0 aliphatic rings. The molecule has 0 aromatic heterocycles. The Morgan fingerprint density at radius 3 is 1.60 bits per heavy atom. The van der Waals surface area contributed by atoms with Crippen molar-refractivity contribution in [2.24, 2.45) is 0 Å². The zero-order valence-electron chi connectivity index (χ0n) is 3.15. The quantitative estimate of drug-likeness (QED) is 0.633. The molecular formula is C2H6NUV-. The number of nitrogens with one attached hydrogen (secondary N) is 1. The van der Waals surface area contributed by atoms with Gasteiger partial charge in [0.05, 0.1) is 0 Å². The molecule has 1 radical (unpaired) electrons. The fraction of sp³-hybridized carbons (Fsp3) is 1.00. The molecule has 0 unspecified atom stereocenters. The van der Waals surface area contributed by atoms with E-state index in [0.29, 0.717) is 6.54 Å². The molecule has 0 rings (SSSR count). The van der Waals surface area contributed by atoms with Gasteiger partial charge in [-0.2, -0.15) is 6.54 Å². The van der Waals surface area contributed by atoms with Crippen molar-refractivity contribution < 1.29 is 49.7 Å². The van der Waals surface area contributed by atoms with Crippen LogP contribution in [0.15, 0.2) is 0 Å². The molecule has 1 N–H and O–H groups in total. The molecule has 0 bridgehead atoms. The Balaban J connectivity index is -0.0000000200. The molecule has 0 saturated heterocycles. The maximum atomic E-state index is 6.21. The van der Waals surface area contributed by atoms with Crippen LogP contribution in [0.25, 0.3) is 5.73 Å². The molecule has 0 fully saturated rings. The molecule has 3 heteroatoms. The van der Waals surface area contributed by atoms with Crippen LogP contribution in [0.2, 0.25) is 0 Å². The summed E-state index contributed by atoms with van der Waals surface area (Å²) >= 11 is 0. The van der Waals surface area contributed by atoms with E-state index in [1.54, 1.807) is 6.92 Å². The Labute approximate surface area is 68.3 Å². The largest absolute Gasteiger partial charge is 0.678 e. The van der Waals surface area contributed by atoms with Gasteiger partial charge in [0, 0.05) is 49.7 Å². The second-order valence-electron chi connectivity index (χ2n) is 0.354. The van der Waals surface area contributed by atoms with E-state index in [2.05, 4.69) is 0 Å². The molecule has 0 saturated carbocycles. The minimum absolute atomic E-state index is 0. The summed E-state index contributed by atoms with van der Waals surface area (Å²) in [7, 11) is 0. The summed E-state index contributed by atoms with van der Waals surface area (Å²) in [6, 6.07) is 0. The summed E-state index contributed by atoms with van der Waals surface area (Å²) in [6.07, 6.45) is 0. The monoisotopic (exact) mass is 333 g/mol. The van der Waals surface area contributed by atoms with Crippen molar-refractivity contribution in [3.8, 4) is 0 Å². The van der Waals surface area contributed by atoms with Crippen LogP contribution in [0.1, 0.15) is 6.92 Å². The normalized spacial score (nSPS) is 3.60. The topological polar surface area (TPSA) is 23.8 Å². The third kappa shape index (κ3) is 28.4. The molecule has 29 valence electrons. The summed E-state index contributed by atoms with van der Waals surface area (Å²) in [5.74, 6) is 0. The average Bonchev–Trinajstić information content (AvgIpc) is 0.918. The number of hydrogen-bond donors (Lipinski definition) is 0. The summed E-state index contributed by atoms with van der Waals surface area (Å²) in [5.41, 5.74) is 6.21. The van der Waals surface area contributed by atoms with Gasteiger partial charge in [0.2, 0.25) is 0 Å².